The molecule has 3 fully saturated rings. The Labute approximate surface area is 144 Å². The maximum atomic E-state index is 12.9. The minimum Gasteiger partial charge on any atom is -0.260 e. The highest BCUT2D eigenvalue weighted by molar-refractivity contribution is 6.30. The van der Waals surface area contributed by atoms with Crippen LogP contribution in [0, 0.1) is 0 Å². The van der Waals surface area contributed by atoms with E-state index in [-0.39, 0.29) is 6.03 Å². The van der Waals surface area contributed by atoms with E-state index in [2.05, 4.69) is 0 Å². The number of aliphatic imine (C=N–C) groups is 1. The molecule has 4 rings (SSSR count). The molecule has 1 heterocycles. The fourth-order valence-corrected chi connectivity index (χ4v) is 4.30. The van der Waals surface area contributed by atoms with Gasteiger partial charge in [0.2, 0.25) is 5.96 Å². The molecule has 0 radical (unpaired) electrons. The van der Waals surface area contributed by atoms with Crippen molar-refractivity contribution < 1.29 is 4.79 Å². The second kappa shape index (κ2) is 6.96. The van der Waals surface area contributed by atoms with E-state index in [1.807, 2.05) is 40.1 Å². The van der Waals surface area contributed by atoms with Crippen molar-refractivity contribution in [1.29, 1.82) is 0 Å². The van der Waals surface area contributed by atoms with Crippen LogP contribution in [0.4, 0.5) is 10.5 Å². The first-order chi connectivity index (χ1) is 11.8. The standard InChI is InChI=1S/C20H27N3O/c24-20-22(17-12-6-2-7-13-17)19(21-16-10-4-1-5-11-16)23(20)18-14-8-3-9-15-18/h2,6-7,12-13,16,18H,1,3-5,8-11,14-15H2/b21-19+. The Morgan fingerprint density at radius 1 is 0.833 bits per heavy atom. The number of urea groups is 1. The summed E-state index contributed by atoms with van der Waals surface area (Å²) in [5.41, 5.74) is 0.948. The van der Waals surface area contributed by atoms with Gasteiger partial charge < -0.3 is 0 Å². The van der Waals surface area contributed by atoms with Gasteiger partial charge in [-0.1, -0.05) is 56.7 Å². The molecular weight excluding hydrogens is 298 g/mol. The third-order valence-corrected chi connectivity index (χ3v) is 5.64. The molecule has 1 saturated heterocycles. The van der Waals surface area contributed by atoms with Crippen LogP contribution in [0.2, 0.25) is 0 Å². The summed E-state index contributed by atoms with van der Waals surface area (Å²) in [5, 5.41) is 0. The average Bonchev–Trinajstić information content (AvgIpc) is 2.64. The molecule has 2 aliphatic carbocycles. The summed E-state index contributed by atoms with van der Waals surface area (Å²) in [4.78, 5) is 21.8. The van der Waals surface area contributed by atoms with Crippen LogP contribution in [0.25, 0.3) is 0 Å². The van der Waals surface area contributed by atoms with Gasteiger partial charge in [-0.15, -0.1) is 0 Å². The lowest BCUT2D eigenvalue weighted by atomic mass is 9.93. The summed E-state index contributed by atoms with van der Waals surface area (Å²) < 4.78 is 0. The molecule has 0 aromatic heterocycles. The Morgan fingerprint density at radius 2 is 1.46 bits per heavy atom. The van der Waals surface area contributed by atoms with Gasteiger partial charge in [0.15, 0.2) is 0 Å². The minimum atomic E-state index is 0.114. The first-order valence-electron chi connectivity index (χ1n) is 9.61. The normalized spacial score (nSPS) is 25.2. The van der Waals surface area contributed by atoms with E-state index < -0.39 is 0 Å². The van der Waals surface area contributed by atoms with Crippen molar-refractivity contribution in [2.75, 3.05) is 4.90 Å². The van der Waals surface area contributed by atoms with Gasteiger partial charge >= 0.3 is 6.03 Å². The van der Waals surface area contributed by atoms with Crippen LogP contribution in [-0.4, -0.2) is 29.0 Å². The summed E-state index contributed by atoms with van der Waals surface area (Å²) in [6, 6.07) is 10.8. The van der Waals surface area contributed by atoms with Crippen molar-refractivity contribution in [3.05, 3.63) is 30.3 Å². The highest BCUT2D eigenvalue weighted by atomic mass is 16.2. The molecule has 0 spiro atoms. The van der Waals surface area contributed by atoms with E-state index in [9.17, 15) is 4.79 Å². The number of carbonyl (C=O) groups excluding carboxylic acids is 1. The second-order valence-electron chi connectivity index (χ2n) is 7.34. The summed E-state index contributed by atoms with van der Waals surface area (Å²) in [6.07, 6.45) is 12.2. The first kappa shape index (κ1) is 15.7. The van der Waals surface area contributed by atoms with Crippen molar-refractivity contribution in [3.63, 3.8) is 0 Å². The Bertz CT molecular complexity index is 601. The third kappa shape index (κ3) is 2.94. The highest BCUT2D eigenvalue weighted by Crippen LogP contribution is 2.34. The Balaban J connectivity index is 1.61. The number of rotatable bonds is 3. The van der Waals surface area contributed by atoms with E-state index >= 15 is 0 Å². The number of hydrogen-bond acceptors (Lipinski definition) is 2. The lowest BCUT2D eigenvalue weighted by Gasteiger charge is -2.48. The summed E-state index contributed by atoms with van der Waals surface area (Å²) in [6.45, 7) is 0. The molecule has 1 aromatic rings. The zero-order valence-corrected chi connectivity index (χ0v) is 14.4. The predicted molar refractivity (Wildman–Crippen MR) is 97.3 cm³/mol. The molecule has 128 valence electrons. The second-order valence-corrected chi connectivity index (χ2v) is 7.34. The lowest BCUT2D eigenvalue weighted by molar-refractivity contribution is 0.187. The molecule has 4 heteroatoms. The van der Waals surface area contributed by atoms with Gasteiger partial charge in [0.1, 0.15) is 0 Å². The molecule has 3 aliphatic rings. The maximum Gasteiger partial charge on any atom is 0.338 e. The number of amides is 2. The molecule has 0 bridgehead atoms. The molecule has 4 nitrogen and oxygen atoms in total. The summed E-state index contributed by atoms with van der Waals surface area (Å²) in [7, 11) is 0. The van der Waals surface area contributed by atoms with Gasteiger partial charge in [-0.3, -0.25) is 4.90 Å². The molecule has 1 aromatic carbocycles. The fourth-order valence-electron chi connectivity index (χ4n) is 4.30. The minimum absolute atomic E-state index is 0.114. The Kier molecular flexibility index (Phi) is 4.54. The molecule has 1 aliphatic heterocycles. The molecule has 2 saturated carbocycles. The van der Waals surface area contributed by atoms with Crippen molar-refractivity contribution >= 4 is 17.7 Å². The van der Waals surface area contributed by atoms with Gasteiger partial charge in [-0.05, 0) is 37.8 Å². The number of para-hydroxylation sites is 1. The molecule has 0 N–H and O–H groups in total. The number of benzene rings is 1. The van der Waals surface area contributed by atoms with E-state index in [1.54, 1.807) is 0 Å². The van der Waals surface area contributed by atoms with Gasteiger partial charge in [0, 0.05) is 6.04 Å². The molecule has 2 amide bonds. The Morgan fingerprint density at radius 3 is 2.12 bits per heavy atom. The maximum absolute atomic E-state index is 12.9. The van der Waals surface area contributed by atoms with Crippen LogP contribution in [0.3, 0.4) is 0 Å². The summed E-state index contributed by atoms with van der Waals surface area (Å²) >= 11 is 0. The molecule has 0 unspecified atom stereocenters. The van der Waals surface area contributed by atoms with E-state index in [4.69, 9.17) is 4.99 Å². The smallest absolute Gasteiger partial charge is 0.260 e. The van der Waals surface area contributed by atoms with Crippen LogP contribution in [0.15, 0.2) is 35.3 Å². The van der Waals surface area contributed by atoms with Gasteiger partial charge in [-0.2, -0.15) is 0 Å². The van der Waals surface area contributed by atoms with E-state index in [1.165, 1.54) is 51.4 Å². The Hall–Kier alpha value is -1.84. The van der Waals surface area contributed by atoms with Crippen molar-refractivity contribution in [3.8, 4) is 0 Å². The molecular formula is C20H27N3O. The fraction of sp³-hybridized carbons (Fsp3) is 0.600. The van der Waals surface area contributed by atoms with E-state index in [0.29, 0.717) is 12.1 Å². The predicted octanol–water partition coefficient (Wildman–Crippen LogP) is 4.95. The van der Waals surface area contributed by atoms with Gasteiger partial charge in [0.05, 0.1) is 11.7 Å². The first-order valence-corrected chi connectivity index (χ1v) is 9.61. The number of guanidine groups is 1. The van der Waals surface area contributed by atoms with Gasteiger partial charge in [0.25, 0.3) is 0 Å². The molecule has 0 atom stereocenters. The van der Waals surface area contributed by atoms with Crippen molar-refractivity contribution in [2.45, 2.75) is 76.3 Å². The number of anilines is 1. The number of nitrogens with zero attached hydrogens (tertiary/aromatic N) is 3. The zero-order valence-electron chi connectivity index (χ0n) is 14.4. The van der Waals surface area contributed by atoms with Crippen molar-refractivity contribution in [2.24, 2.45) is 4.99 Å². The van der Waals surface area contributed by atoms with Gasteiger partial charge in [-0.25, -0.2) is 14.7 Å². The highest BCUT2D eigenvalue weighted by Gasteiger charge is 2.46. The number of carbonyl (C=O) groups is 1. The zero-order chi connectivity index (χ0) is 16.4. The largest absolute Gasteiger partial charge is 0.338 e. The topological polar surface area (TPSA) is 35.9 Å². The van der Waals surface area contributed by atoms with Crippen LogP contribution in [-0.2, 0) is 0 Å². The van der Waals surface area contributed by atoms with Crippen molar-refractivity contribution in [1.82, 2.24) is 4.90 Å². The molecule has 24 heavy (non-hydrogen) atoms. The monoisotopic (exact) mass is 325 g/mol. The van der Waals surface area contributed by atoms with Crippen LogP contribution < -0.4 is 4.90 Å². The summed E-state index contributed by atoms with van der Waals surface area (Å²) in [5.74, 6) is 0.907. The van der Waals surface area contributed by atoms with Crippen LogP contribution >= 0.6 is 0 Å². The number of hydrogen-bond donors (Lipinski definition) is 0. The van der Waals surface area contributed by atoms with Crippen LogP contribution in [0.1, 0.15) is 64.2 Å². The van der Waals surface area contributed by atoms with E-state index in [0.717, 1.165) is 24.5 Å². The average molecular weight is 325 g/mol. The lowest BCUT2D eigenvalue weighted by Crippen LogP contribution is -2.68. The SMILES string of the molecule is O=C1N(c2ccccc2)/C(=N\C2CCCCC2)N1C1CCCCC1. The van der Waals surface area contributed by atoms with Crippen LogP contribution in [0.5, 0.6) is 0 Å². The quantitative estimate of drug-likeness (QED) is 0.774. The third-order valence-electron chi connectivity index (χ3n) is 5.64.